The Morgan fingerprint density at radius 2 is 1.61 bits per heavy atom. The van der Waals surface area contributed by atoms with E-state index in [1.807, 2.05) is 36.4 Å². The summed E-state index contributed by atoms with van der Waals surface area (Å²) in [6.45, 7) is 2.36. The van der Waals surface area contributed by atoms with Crippen molar-refractivity contribution >= 4 is 18.0 Å². The molecule has 0 aliphatic heterocycles. The summed E-state index contributed by atoms with van der Waals surface area (Å²) in [4.78, 5) is 35.2. The monoisotopic (exact) mass is 424 g/mol. The number of ether oxygens (including phenoxy) is 1. The van der Waals surface area contributed by atoms with Gasteiger partial charge in [-0.15, -0.1) is 0 Å². The second-order valence-corrected chi connectivity index (χ2v) is 7.57. The van der Waals surface area contributed by atoms with Crippen LogP contribution in [0.4, 0.5) is 4.79 Å². The van der Waals surface area contributed by atoms with Crippen LogP contribution in [0.25, 0.3) is 11.1 Å². The van der Waals surface area contributed by atoms with Gasteiger partial charge in [0.05, 0.1) is 0 Å². The van der Waals surface area contributed by atoms with Gasteiger partial charge in [0.15, 0.2) is 0 Å². The van der Waals surface area contributed by atoms with Crippen molar-refractivity contribution in [2.75, 3.05) is 13.2 Å². The summed E-state index contributed by atoms with van der Waals surface area (Å²) in [5.41, 5.74) is 4.56. The van der Waals surface area contributed by atoms with Crippen LogP contribution < -0.4 is 10.6 Å². The van der Waals surface area contributed by atoms with Gasteiger partial charge in [-0.2, -0.15) is 0 Å². The van der Waals surface area contributed by atoms with Crippen LogP contribution in [-0.4, -0.2) is 42.3 Å². The second-order valence-electron chi connectivity index (χ2n) is 7.57. The zero-order valence-electron chi connectivity index (χ0n) is 17.6. The highest BCUT2D eigenvalue weighted by Crippen LogP contribution is 2.44. The molecule has 0 unspecified atom stereocenters. The van der Waals surface area contributed by atoms with E-state index in [0.717, 1.165) is 22.3 Å². The number of alkyl carbamates (subject to hydrolysis) is 1. The minimum absolute atomic E-state index is 0.0405. The van der Waals surface area contributed by atoms with E-state index >= 15 is 0 Å². The third-order valence-electron chi connectivity index (χ3n) is 5.48. The first-order valence-electron chi connectivity index (χ1n) is 10.6. The largest absolute Gasteiger partial charge is 0.481 e. The number of fused-ring (bicyclic) bond motifs is 3. The average molecular weight is 424 g/mol. The first-order valence-corrected chi connectivity index (χ1v) is 10.6. The fourth-order valence-electron chi connectivity index (χ4n) is 3.87. The lowest BCUT2D eigenvalue weighted by atomic mass is 9.98. The first kappa shape index (κ1) is 22.3. The minimum atomic E-state index is -0.852. The molecule has 1 atom stereocenters. The number of aliphatic carboxylic acids is 1. The van der Waals surface area contributed by atoms with E-state index in [2.05, 4.69) is 22.8 Å². The van der Waals surface area contributed by atoms with Crippen molar-refractivity contribution in [3.05, 3.63) is 59.7 Å². The molecule has 1 aliphatic rings. The van der Waals surface area contributed by atoms with Crippen LogP contribution in [0, 0.1) is 0 Å². The molecule has 31 heavy (non-hydrogen) atoms. The molecule has 1 aliphatic carbocycles. The number of unbranched alkanes of at least 4 members (excludes halogenated alkanes) is 1. The van der Waals surface area contributed by atoms with Gasteiger partial charge in [0.1, 0.15) is 12.6 Å². The smallest absolute Gasteiger partial charge is 0.407 e. The quantitative estimate of drug-likeness (QED) is 0.505. The van der Waals surface area contributed by atoms with Gasteiger partial charge in [0, 0.05) is 18.9 Å². The van der Waals surface area contributed by atoms with Crippen molar-refractivity contribution in [3.63, 3.8) is 0 Å². The van der Waals surface area contributed by atoms with Gasteiger partial charge >= 0.3 is 12.1 Å². The maximum Gasteiger partial charge on any atom is 0.407 e. The number of hydrogen-bond acceptors (Lipinski definition) is 4. The molecule has 7 heteroatoms. The summed E-state index contributed by atoms with van der Waals surface area (Å²) in [7, 11) is 0. The van der Waals surface area contributed by atoms with Crippen molar-refractivity contribution in [3.8, 4) is 11.1 Å². The molecule has 2 amide bonds. The Bertz CT molecular complexity index is 898. The molecular formula is C24H28N2O5. The predicted molar refractivity (Wildman–Crippen MR) is 117 cm³/mol. The van der Waals surface area contributed by atoms with E-state index < -0.39 is 18.1 Å². The van der Waals surface area contributed by atoms with E-state index in [9.17, 15) is 14.4 Å². The van der Waals surface area contributed by atoms with E-state index in [4.69, 9.17) is 9.84 Å². The lowest BCUT2D eigenvalue weighted by Crippen LogP contribution is -2.46. The number of carboxylic acid groups (broad SMARTS) is 1. The zero-order chi connectivity index (χ0) is 22.2. The van der Waals surface area contributed by atoms with Crippen molar-refractivity contribution < 1.29 is 24.2 Å². The Kier molecular flexibility index (Phi) is 7.65. The number of nitrogens with one attached hydrogen (secondary N) is 2. The summed E-state index contributed by atoms with van der Waals surface area (Å²) in [6.07, 6.45) is 0.928. The molecule has 0 fully saturated rings. The molecule has 0 bridgehead atoms. The molecular weight excluding hydrogens is 396 g/mol. The number of amides is 2. The molecule has 3 N–H and O–H groups in total. The molecule has 0 radical (unpaired) electrons. The number of rotatable bonds is 10. The molecule has 0 heterocycles. The number of benzene rings is 2. The Morgan fingerprint density at radius 1 is 1.00 bits per heavy atom. The predicted octanol–water partition coefficient (Wildman–Crippen LogP) is 3.67. The van der Waals surface area contributed by atoms with Crippen molar-refractivity contribution in [2.24, 2.45) is 0 Å². The zero-order valence-corrected chi connectivity index (χ0v) is 17.6. The Morgan fingerprint density at radius 3 is 2.19 bits per heavy atom. The third-order valence-corrected chi connectivity index (χ3v) is 5.48. The Hall–Kier alpha value is -3.35. The summed E-state index contributed by atoms with van der Waals surface area (Å²) < 4.78 is 5.50. The summed E-state index contributed by atoms with van der Waals surface area (Å²) >= 11 is 0. The van der Waals surface area contributed by atoms with Crippen LogP contribution in [0.2, 0.25) is 0 Å². The van der Waals surface area contributed by atoms with Gasteiger partial charge in [-0.25, -0.2) is 4.79 Å². The molecule has 2 aromatic carbocycles. The van der Waals surface area contributed by atoms with Crippen molar-refractivity contribution in [1.82, 2.24) is 10.6 Å². The van der Waals surface area contributed by atoms with Crippen LogP contribution in [0.3, 0.4) is 0 Å². The van der Waals surface area contributed by atoms with Crippen molar-refractivity contribution in [2.45, 2.75) is 44.6 Å². The van der Waals surface area contributed by atoms with Gasteiger partial charge in [0.2, 0.25) is 5.91 Å². The van der Waals surface area contributed by atoms with E-state index in [-0.39, 0.29) is 24.9 Å². The normalized spacial score (nSPS) is 13.1. The van der Waals surface area contributed by atoms with Crippen LogP contribution in [0.5, 0.6) is 0 Å². The average Bonchev–Trinajstić information content (AvgIpc) is 3.09. The Balaban J connectivity index is 1.51. The summed E-state index contributed by atoms with van der Waals surface area (Å²) in [6, 6.07) is 15.5. The number of carboxylic acids is 1. The fourth-order valence-corrected chi connectivity index (χ4v) is 3.87. The minimum Gasteiger partial charge on any atom is -0.481 e. The van der Waals surface area contributed by atoms with Gasteiger partial charge < -0.3 is 20.5 Å². The number of hydrogen-bond donors (Lipinski definition) is 3. The standard InChI is InChI=1S/C24H28N2O5/c1-2-21(23(29)25-14-8-7-13-22(27)28)26-24(30)31-15-20-18-11-5-3-9-16(18)17-10-4-6-12-19(17)20/h3-6,9-12,20-21H,2,7-8,13-15H2,1H3,(H,25,29)(H,26,30)(H,27,28)/t21-/m0/s1. The SMILES string of the molecule is CC[C@H](NC(=O)OCC1c2ccccc2-c2ccccc21)C(=O)NCCCCC(=O)O. The van der Waals surface area contributed by atoms with E-state index in [0.29, 0.717) is 25.8 Å². The van der Waals surface area contributed by atoms with Crippen LogP contribution in [0.15, 0.2) is 48.5 Å². The van der Waals surface area contributed by atoms with Gasteiger partial charge in [-0.3, -0.25) is 9.59 Å². The molecule has 7 nitrogen and oxygen atoms in total. The van der Waals surface area contributed by atoms with Gasteiger partial charge in [0.25, 0.3) is 0 Å². The Labute approximate surface area is 181 Å². The van der Waals surface area contributed by atoms with E-state index in [1.165, 1.54) is 0 Å². The lowest BCUT2D eigenvalue weighted by molar-refractivity contribution is -0.137. The van der Waals surface area contributed by atoms with Crippen LogP contribution in [-0.2, 0) is 14.3 Å². The van der Waals surface area contributed by atoms with Crippen molar-refractivity contribution in [1.29, 1.82) is 0 Å². The second kappa shape index (κ2) is 10.6. The molecule has 0 saturated carbocycles. The third kappa shape index (κ3) is 5.63. The topological polar surface area (TPSA) is 105 Å². The molecule has 2 aromatic rings. The highest BCUT2D eigenvalue weighted by Gasteiger charge is 2.29. The fraction of sp³-hybridized carbons (Fsp3) is 0.375. The molecule has 0 saturated heterocycles. The summed E-state index contributed by atoms with van der Waals surface area (Å²) in [5, 5.41) is 14.0. The number of carbonyl (C=O) groups excluding carboxylic acids is 2. The van der Waals surface area contributed by atoms with Gasteiger partial charge in [-0.05, 0) is 41.5 Å². The van der Waals surface area contributed by atoms with Gasteiger partial charge in [-0.1, -0.05) is 55.5 Å². The lowest BCUT2D eigenvalue weighted by Gasteiger charge is -2.18. The highest BCUT2D eigenvalue weighted by molar-refractivity contribution is 5.85. The maximum atomic E-state index is 12.4. The molecule has 0 aromatic heterocycles. The first-order chi connectivity index (χ1) is 15.0. The maximum absolute atomic E-state index is 12.4. The van der Waals surface area contributed by atoms with E-state index in [1.54, 1.807) is 6.92 Å². The molecule has 164 valence electrons. The van der Waals surface area contributed by atoms with Crippen LogP contribution in [0.1, 0.15) is 49.7 Å². The molecule has 3 rings (SSSR count). The van der Waals surface area contributed by atoms with Crippen LogP contribution >= 0.6 is 0 Å². The molecule has 0 spiro atoms. The summed E-state index contributed by atoms with van der Waals surface area (Å²) in [5.74, 6) is -1.19. The number of carbonyl (C=O) groups is 3. The highest BCUT2D eigenvalue weighted by atomic mass is 16.5.